The summed E-state index contributed by atoms with van der Waals surface area (Å²) in [5.41, 5.74) is 0.0509. The minimum atomic E-state index is 0. The summed E-state index contributed by atoms with van der Waals surface area (Å²) in [5.74, 6) is 0. The molecule has 0 unspecified atom stereocenters. The van der Waals surface area contributed by atoms with Gasteiger partial charge in [-0.1, -0.05) is 24.3 Å². The fourth-order valence-corrected chi connectivity index (χ4v) is 0.485. The van der Waals surface area contributed by atoms with Crippen molar-refractivity contribution in [2.75, 3.05) is 0 Å². The van der Waals surface area contributed by atoms with Gasteiger partial charge in [0.1, 0.15) is 0 Å². The summed E-state index contributed by atoms with van der Waals surface area (Å²) in [7, 11) is 0. The van der Waals surface area contributed by atoms with E-state index in [0.29, 0.717) is 0 Å². The molecule has 0 aromatic heterocycles. The number of carbonyl (C=O) groups excluding carboxylic acids is 3. The van der Waals surface area contributed by atoms with Crippen LogP contribution in [0.15, 0.2) is 41.2 Å². The molecule has 0 bridgehead atoms. The Balaban J connectivity index is -0.0000000755. The molecular weight excluding hydrogens is 240 g/mol. The smallest absolute Gasteiger partial charge is 0.281 e. The van der Waals surface area contributed by atoms with Gasteiger partial charge < -0.3 is 0 Å². The Morgan fingerprint density at radius 2 is 0.933 bits per heavy atom. The molecule has 78 valence electrons. The van der Waals surface area contributed by atoms with Gasteiger partial charge in [-0.05, 0) is 12.1 Å². The van der Waals surface area contributed by atoms with Gasteiger partial charge in [-0.15, -0.1) is 0 Å². The Kier molecular flexibility index (Phi) is 45.8. The summed E-state index contributed by atoms with van der Waals surface area (Å²) in [6, 6.07) is 10.1. The van der Waals surface area contributed by atoms with E-state index in [1.54, 1.807) is 12.1 Å². The van der Waals surface area contributed by atoms with E-state index in [0.717, 1.165) is 0 Å². The van der Waals surface area contributed by atoms with Crippen molar-refractivity contribution in [3.8, 4) is 0 Å². The summed E-state index contributed by atoms with van der Waals surface area (Å²) in [5, 5.41) is 0. The molecule has 0 spiro atoms. The second kappa shape index (κ2) is 29.4. The number of hydrogen-bond donors (Lipinski definition) is 0. The third-order valence-corrected chi connectivity index (χ3v) is 0.854. The van der Waals surface area contributed by atoms with Crippen LogP contribution >= 0.6 is 0 Å². The van der Waals surface area contributed by atoms with Crippen molar-refractivity contribution in [3.63, 3.8) is 0 Å². The molecule has 15 heavy (non-hydrogen) atoms. The van der Waals surface area contributed by atoms with Crippen LogP contribution in [-0.4, -0.2) is 20.4 Å². The molecule has 1 aromatic carbocycles. The van der Waals surface area contributed by atoms with Crippen molar-refractivity contribution in [1.82, 2.24) is 0 Å². The molecule has 0 aliphatic heterocycles. The molecule has 0 aliphatic rings. The van der Waals surface area contributed by atoms with Gasteiger partial charge in [0.25, 0.3) is 20.4 Å². The first-order chi connectivity index (χ1) is 6.89. The largest absolute Gasteiger partial charge is 0.290 e. The summed E-state index contributed by atoms with van der Waals surface area (Å²) in [6.45, 7) is 13.5. The molecule has 0 heterocycles. The molecule has 0 fully saturated rings. The van der Waals surface area contributed by atoms with E-state index in [9.17, 15) is 4.79 Å². The van der Waals surface area contributed by atoms with E-state index in [2.05, 4.69) is 20.4 Å². The van der Waals surface area contributed by atoms with Crippen LogP contribution in [0.1, 0.15) is 0 Å². The van der Waals surface area contributed by atoms with Gasteiger partial charge in [0, 0.05) is 17.1 Å². The maximum atomic E-state index is 10.5. The van der Waals surface area contributed by atoms with Crippen molar-refractivity contribution in [2.24, 2.45) is 0 Å². The van der Waals surface area contributed by atoms with Crippen molar-refractivity contribution in [1.29, 1.82) is 0 Å². The Labute approximate surface area is 98.8 Å². The molecule has 0 amide bonds. The molecule has 1 aromatic rings. The Bertz CT molecular complexity index is 241. The monoisotopic (exact) mass is 246 g/mol. The maximum absolute atomic E-state index is 10.5. The normalized spacial score (nSPS) is 5.33. The van der Waals surface area contributed by atoms with Crippen LogP contribution in [0, 0.1) is 0 Å². The minimum absolute atomic E-state index is 0. The van der Waals surface area contributed by atoms with Crippen molar-refractivity contribution in [3.05, 3.63) is 46.6 Å². The fourth-order valence-electron chi connectivity index (χ4n) is 0.485. The Morgan fingerprint density at radius 3 is 1.20 bits per heavy atom. The molecule has 0 aliphatic carbocycles. The number of hydrogen-bond acceptors (Lipinski definition) is 4. The first-order valence-corrected chi connectivity index (χ1v) is 3.06. The zero-order valence-electron chi connectivity index (χ0n) is 7.45. The van der Waals surface area contributed by atoms with Crippen LogP contribution in [0.3, 0.4) is 0 Å². The molecule has 4 nitrogen and oxygen atoms in total. The van der Waals surface area contributed by atoms with Crippen LogP contribution in [0.25, 0.3) is 0 Å². The molecule has 0 saturated carbocycles. The van der Waals surface area contributed by atoms with Crippen molar-refractivity contribution < 1.29 is 31.5 Å². The predicted octanol–water partition coefficient (Wildman–Crippen LogP) is -0.147. The molecule has 0 atom stereocenters. The van der Waals surface area contributed by atoms with Gasteiger partial charge in [0.2, 0.25) is 0 Å². The topological polar surface area (TPSA) is 68.3 Å². The van der Waals surface area contributed by atoms with E-state index >= 15 is 0 Å². The summed E-state index contributed by atoms with van der Waals surface area (Å²) in [6.07, 6.45) is 0. The fraction of sp³-hybridized carbons (Fsp3) is 0. The van der Waals surface area contributed by atoms with E-state index < -0.39 is 0 Å². The van der Waals surface area contributed by atoms with Crippen LogP contribution in [0.5, 0.6) is 0 Å². The van der Waals surface area contributed by atoms with Crippen LogP contribution in [0.4, 0.5) is 0 Å². The van der Waals surface area contributed by atoms with Crippen molar-refractivity contribution in [2.45, 2.75) is 0 Å². The van der Waals surface area contributed by atoms with Gasteiger partial charge in [-0.3, -0.25) is 19.2 Å². The summed E-state index contributed by atoms with van der Waals surface area (Å²) < 4.78 is 0. The van der Waals surface area contributed by atoms with E-state index in [4.69, 9.17) is 14.4 Å². The van der Waals surface area contributed by atoms with Gasteiger partial charge in [-0.25, -0.2) is 0 Å². The van der Waals surface area contributed by atoms with Crippen LogP contribution in [-0.2, 0) is 31.5 Å². The Hall–Kier alpha value is -1.58. The molecule has 0 N–H and O–H groups in total. The van der Waals surface area contributed by atoms with Gasteiger partial charge in [0.15, 0.2) is 5.43 Å². The summed E-state index contributed by atoms with van der Waals surface area (Å²) in [4.78, 5) is 33.0. The average molecular weight is 246 g/mol. The molecule has 1 rings (SSSR count). The molecule has 6 radical (unpaired) electrons. The Morgan fingerprint density at radius 1 is 0.667 bits per heavy atom. The van der Waals surface area contributed by atoms with Crippen molar-refractivity contribution >= 4 is 20.4 Å². The summed E-state index contributed by atoms with van der Waals surface area (Å²) >= 11 is 0. The zero-order valence-corrected chi connectivity index (χ0v) is 8.55. The second-order valence-electron chi connectivity index (χ2n) is 1.51. The maximum Gasteiger partial charge on any atom is 0.281 e. The average Bonchev–Trinajstić information content (AvgIpc) is 2.54. The standard InChI is InChI=1S/C7H6O.3CO.Fe/c8-7-5-3-1-2-4-6-7;3*1-2;/h1-6H;;;;. The SMILES string of the molecule is O=c1cccccc1.[C]=O.[C]=O.[C]=O.[Fe]. The minimum Gasteiger partial charge on any atom is -0.290 e. The molecule has 0 saturated heterocycles. The van der Waals surface area contributed by atoms with Gasteiger partial charge in [0.05, 0.1) is 0 Å². The first kappa shape index (κ1) is 23.3. The zero-order chi connectivity index (χ0) is 11.8. The van der Waals surface area contributed by atoms with E-state index in [1.807, 2.05) is 12.1 Å². The molecular formula is C10H6FeO4. The van der Waals surface area contributed by atoms with Gasteiger partial charge >= 0.3 is 0 Å². The third-order valence-electron chi connectivity index (χ3n) is 0.854. The third kappa shape index (κ3) is 24.5. The van der Waals surface area contributed by atoms with E-state index in [1.165, 1.54) is 12.1 Å². The quantitative estimate of drug-likeness (QED) is 0.597. The number of rotatable bonds is 0. The van der Waals surface area contributed by atoms with Crippen LogP contribution in [0.2, 0.25) is 0 Å². The molecule has 5 heteroatoms. The first-order valence-electron chi connectivity index (χ1n) is 3.06. The van der Waals surface area contributed by atoms with Gasteiger partial charge in [-0.2, -0.15) is 0 Å². The van der Waals surface area contributed by atoms with Crippen LogP contribution < -0.4 is 5.43 Å². The van der Waals surface area contributed by atoms with E-state index in [-0.39, 0.29) is 22.5 Å². The predicted molar refractivity (Wildman–Crippen MR) is 49.8 cm³/mol. The second-order valence-corrected chi connectivity index (χ2v) is 1.51.